The number of hydrogen-bond donors (Lipinski definition) is 1. The van der Waals surface area contributed by atoms with Crippen molar-refractivity contribution in [2.45, 2.75) is 26.0 Å². The number of allylic oxidation sites excluding steroid dienone is 3. The Hall–Kier alpha value is -3.10. The van der Waals surface area contributed by atoms with Gasteiger partial charge in [-0.15, -0.1) is 0 Å². The Morgan fingerprint density at radius 3 is 2.33 bits per heavy atom. The molecule has 0 spiro atoms. The first-order valence-electron chi connectivity index (χ1n) is 10.2. The molecule has 0 atom stereocenters. The van der Waals surface area contributed by atoms with E-state index in [1.165, 1.54) is 32.6 Å². The van der Waals surface area contributed by atoms with Gasteiger partial charge in [-0.25, -0.2) is 8.42 Å². The Morgan fingerprint density at radius 2 is 1.79 bits per heavy atom. The average Bonchev–Trinajstić information content (AvgIpc) is 2.74. The molecule has 33 heavy (non-hydrogen) atoms. The number of rotatable bonds is 11. The summed E-state index contributed by atoms with van der Waals surface area (Å²) in [5, 5.41) is 10.5. The van der Waals surface area contributed by atoms with Crippen LogP contribution in [-0.2, 0) is 26.7 Å². The van der Waals surface area contributed by atoms with Gasteiger partial charge in [-0.2, -0.15) is 0 Å². The third-order valence-corrected chi connectivity index (χ3v) is 5.52. The lowest BCUT2D eigenvalue weighted by Crippen LogP contribution is -2.09. The summed E-state index contributed by atoms with van der Waals surface area (Å²) in [6.45, 7) is 3.76. The normalized spacial score (nSPS) is 11.4. The second kappa shape index (κ2) is 11.7. The molecule has 1 N–H and O–H groups in total. The number of benzene rings is 2. The number of hydrogen-bond acceptors (Lipinski definition) is 7. The first-order valence-corrected chi connectivity index (χ1v) is 12.3. The number of phenolic OH excluding ortho intramolecular Hbond substituents is 1. The standard InChI is InChI=1S/C25H30O7S/c1-17(2)6-12-20-22(27)14-23(31-4)24(25(20)32-16-30-3)21(26)13-11-18-7-9-19(10-8-18)15-33(5,28)29/h6-11,13-14,27H,12,15-16H2,1-5H3/b13-11+. The van der Waals surface area contributed by atoms with E-state index in [1.54, 1.807) is 30.3 Å². The molecule has 0 bridgehead atoms. The summed E-state index contributed by atoms with van der Waals surface area (Å²) in [5.74, 6) is -0.0916. The maximum absolute atomic E-state index is 13.2. The van der Waals surface area contributed by atoms with E-state index in [2.05, 4.69) is 0 Å². The van der Waals surface area contributed by atoms with Gasteiger partial charge in [0.15, 0.2) is 22.4 Å². The Labute approximate surface area is 195 Å². The molecule has 0 heterocycles. The van der Waals surface area contributed by atoms with Gasteiger partial charge in [0.2, 0.25) is 0 Å². The van der Waals surface area contributed by atoms with Crippen LogP contribution in [0.3, 0.4) is 0 Å². The Morgan fingerprint density at radius 1 is 1.12 bits per heavy atom. The molecule has 2 aromatic carbocycles. The van der Waals surface area contributed by atoms with Crippen molar-refractivity contribution in [2.75, 3.05) is 27.3 Å². The van der Waals surface area contributed by atoms with Crippen molar-refractivity contribution in [2.24, 2.45) is 0 Å². The molecule has 0 saturated carbocycles. The highest BCUT2D eigenvalue weighted by atomic mass is 32.2. The fraction of sp³-hybridized carbons (Fsp3) is 0.320. The van der Waals surface area contributed by atoms with Crippen LogP contribution in [0.5, 0.6) is 17.2 Å². The van der Waals surface area contributed by atoms with Gasteiger partial charge in [0, 0.05) is 25.0 Å². The molecular formula is C25H30O7S. The van der Waals surface area contributed by atoms with Crippen LogP contribution in [-0.4, -0.2) is 46.6 Å². The summed E-state index contributed by atoms with van der Waals surface area (Å²) in [6, 6.07) is 8.28. The Balaban J connectivity index is 2.44. The largest absolute Gasteiger partial charge is 0.507 e. The lowest BCUT2D eigenvalue weighted by molar-refractivity contribution is 0.0494. The zero-order valence-corrected chi connectivity index (χ0v) is 20.4. The molecule has 0 aromatic heterocycles. The molecule has 0 unspecified atom stereocenters. The van der Waals surface area contributed by atoms with Crippen molar-refractivity contribution in [1.82, 2.24) is 0 Å². The molecule has 0 saturated heterocycles. The highest BCUT2D eigenvalue weighted by Gasteiger charge is 2.24. The van der Waals surface area contributed by atoms with Crippen LogP contribution < -0.4 is 9.47 Å². The van der Waals surface area contributed by atoms with Crippen molar-refractivity contribution < 1.29 is 32.5 Å². The number of methoxy groups -OCH3 is 2. The molecule has 8 heteroatoms. The van der Waals surface area contributed by atoms with E-state index >= 15 is 0 Å². The van der Waals surface area contributed by atoms with Crippen molar-refractivity contribution in [3.8, 4) is 17.2 Å². The van der Waals surface area contributed by atoms with Crippen LogP contribution in [0, 0.1) is 0 Å². The van der Waals surface area contributed by atoms with Crippen LogP contribution in [0.1, 0.15) is 40.9 Å². The lowest BCUT2D eigenvalue weighted by atomic mass is 9.99. The number of aromatic hydroxyl groups is 1. The second-order valence-corrected chi connectivity index (χ2v) is 9.97. The fourth-order valence-electron chi connectivity index (χ4n) is 3.12. The monoisotopic (exact) mass is 474 g/mol. The SMILES string of the molecule is COCOc1c(CC=C(C)C)c(O)cc(OC)c1C(=O)/C=C/c1ccc(CS(C)(=O)=O)cc1. The second-order valence-electron chi connectivity index (χ2n) is 7.83. The minimum atomic E-state index is -3.12. The molecule has 7 nitrogen and oxygen atoms in total. The molecule has 0 radical (unpaired) electrons. The van der Waals surface area contributed by atoms with Gasteiger partial charge >= 0.3 is 0 Å². The van der Waals surface area contributed by atoms with Crippen molar-refractivity contribution in [1.29, 1.82) is 0 Å². The summed E-state index contributed by atoms with van der Waals surface area (Å²) < 4.78 is 39.0. The van der Waals surface area contributed by atoms with Gasteiger partial charge in [-0.3, -0.25) is 4.79 Å². The molecular weight excluding hydrogens is 444 g/mol. The molecule has 0 aliphatic heterocycles. The number of carbonyl (C=O) groups is 1. The van der Waals surface area contributed by atoms with E-state index in [1.807, 2.05) is 19.9 Å². The topological polar surface area (TPSA) is 99.1 Å². The van der Waals surface area contributed by atoms with Crippen molar-refractivity contribution in [3.05, 3.63) is 70.3 Å². The summed E-state index contributed by atoms with van der Waals surface area (Å²) in [5.41, 5.74) is 3.07. The predicted octanol–water partition coefficient (Wildman–Crippen LogP) is 4.33. The first kappa shape index (κ1) is 26.2. The zero-order chi connectivity index (χ0) is 24.6. The highest BCUT2D eigenvalue weighted by molar-refractivity contribution is 7.89. The summed E-state index contributed by atoms with van der Waals surface area (Å²) in [4.78, 5) is 13.2. The molecule has 0 aliphatic carbocycles. The van der Waals surface area contributed by atoms with Crippen molar-refractivity contribution >= 4 is 21.7 Å². The lowest BCUT2D eigenvalue weighted by Gasteiger charge is -2.18. The Bertz CT molecular complexity index is 1140. The molecule has 178 valence electrons. The number of carbonyl (C=O) groups excluding carboxylic acids is 1. The molecule has 0 fully saturated rings. The van der Waals surface area contributed by atoms with Crippen LogP contribution in [0.2, 0.25) is 0 Å². The molecule has 2 rings (SSSR count). The minimum absolute atomic E-state index is 0.0440. The number of ether oxygens (including phenoxy) is 3. The highest BCUT2D eigenvalue weighted by Crippen LogP contribution is 2.40. The predicted molar refractivity (Wildman–Crippen MR) is 129 cm³/mol. The van der Waals surface area contributed by atoms with Gasteiger partial charge in [-0.1, -0.05) is 42.0 Å². The fourth-order valence-corrected chi connectivity index (χ4v) is 3.92. The quantitative estimate of drug-likeness (QED) is 0.224. The molecule has 0 amide bonds. The number of ketones is 1. The van der Waals surface area contributed by atoms with Gasteiger partial charge < -0.3 is 19.3 Å². The van der Waals surface area contributed by atoms with E-state index < -0.39 is 9.84 Å². The molecule has 2 aromatic rings. The van der Waals surface area contributed by atoms with Gasteiger partial charge in [0.1, 0.15) is 22.8 Å². The van der Waals surface area contributed by atoms with E-state index in [0.29, 0.717) is 17.5 Å². The van der Waals surface area contributed by atoms with Crippen LogP contribution in [0.25, 0.3) is 6.08 Å². The first-order chi connectivity index (χ1) is 15.6. The van der Waals surface area contributed by atoms with Crippen LogP contribution in [0.15, 0.2) is 48.1 Å². The van der Waals surface area contributed by atoms with E-state index in [9.17, 15) is 18.3 Å². The van der Waals surface area contributed by atoms with Crippen LogP contribution >= 0.6 is 0 Å². The molecule has 0 aliphatic rings. The average molecular weight is 475 g/mol. The third kappa shape index (κ3) is 7.76. The van der Waals surface area contributed by atoms with Gasteiger partial charge in [-0.05, 0) is 37.5 Å². The smallest absolute Gasteiger partial charge is 0.193 e. The number of phenols is 1. The summed E-state index contributed by atoms with van der Waals surface area (Å²) in [6.07, 6.45) is 6.46. The van der Waals surface area contributed by atoms with E-state index in [0.717, 1.165) is 11.1 Å². The maximum atomic E-state index is 13.2. The van der Waals surface area contributed by atoms with E-state index in [-0.39, 0.29) is 41.1 Å². The third-order valence-electron chi connectivity index (χ3n) is 4.66. The van der Waals surface area contributed by atoms with Crippen molar-refractivity contribution in [3.63, 3.8) is 0 Å². The Kier molecular flexibility index (Phi) is 9.25. The van der Waals surface area contributed by atoms with E-state index in [4.69, 9.17) is 14.2 Å². The summed E-state index contributed by atoms with van der Waals surface area (Å²) in [7, 11) is -0.253. The van der Waals surface area contributed by atoms with Gasteiger partial charge in [0.05, 0.1) is 12.9 Å². The summed E-state index contributed by atoms with van der Waals surface area (Å²) >= 11 is 0. The van der Waals surface area contributed by atoms with Crippen LogP contribution in [0.4, 0.5) is 0 Å². The maximum Gasteiger partial charge on any atom is 0.193 e. The number of sulfone groups is 1. The van der Waals surface area contributed by atoms with Gasteiger partial charge in [0.25, 0.3) is 0 Å². The minimum Gasteiger partial charge on any atom is -0.507 e. The zero-order valence-electron chi connectivity index (χ0n) is 19.5.